The molecule has 0 unspecified atom stereocenters. The molecule has 0 amide bonds. The fourth-order valence-corrected chi connectivity index (χ4v) is 2.46. The Morgan fingerprint density at radius 1 is 0.950 bits per heavy atom. The smallest absolute Gasteiger partial charge is 0.123 e. The van der Waals surface area contributed by atoms with Crippen LogP contribution in [0, 0.1) is 12.7 Å². The van der Waals surface area contributed by atoms with Gasteiger partial charge in [0, 0.05) is 12.2 Å². The van der Waals surface area contributed by atoms with Crippen molar-refractivity contribution in [2.45, 2.75) is 13.5 Å². The summed E-state index contributed by atoms with van der Waals surface area (Å²) in [7, 11) is 0. The summed E-state index contributed by atoms with van der Waals surface area (Å²) in [4.78, 5) is 0. The van der Waals surface area contributed by atoms with Crippen LogP contribution in [0.4, 0.5) is 10.1 Å². The van der Waals surface area contributed by atoms with Crippen LogP contribution in [-0.4, -0.2) is 0 Å². The van der Waals surface area contributed by atoms with E-state index in [1.54, 1.807) is 12.1 Å². The molecule has 2 heteroatoms. The van der Waals surface area contributed by atoms with Crippen LogP contribution in [0.2, 0.25) is 0 Å². The van der Waals surface area contributed by atoms with Gasteiger partial charge in [0.1, 0.15) is 5.82 Å². The van der Waals surface area contributed by atoms with Crippen LogP contribution >= 0.6 is 0 Å². The first-order chi connectivity index (χ1) is 9.74. The predicted molar refractivity (Wildman–Crippen MR) is 82.4 cm³/mol. The SMILES string of the molecule is Cc1cc(F)ccc1NCc1cccc2ccccc12. The van der Waals surface area contributed by atoms with Crippen molar-refractivity contribution in [3.8, 4) is 0 Å². The molecule has 0 saturated heterocycles. The van der Waals surface area contributed by atoms with Crippen molar-refractivity contribution in [3.05, 3.63) is 77.6 Å². The zero-order valence-corrected chi connectivity index (χ0v) is 11.4. The van der Waals surface area contributed by atoms with Crippen molar-refractivity contribution >= 4 is 16.5 Å². The Bertz CT molecular complexity index is 744. The van der Waals surface area contributed by atoms with E-state index >= 15 is 0 Å². The highest BCUT2D eigenvalue weighted by Crippen LogP contribution is 2.21. The van der Waals surface area contributed by atoms with E-state index in [-0.39, 0.29) is 5.82 Å². The molecular weight excluding hydrogens is 249 g/mol. The molecule has 0 aliphatic carbocycles. The summed E-state index contributed by atoms with van der Waals surface area (Å²) in [6.45, 7) is 2.64. The van der Waals surface area contributed by atoms with Crippen molar-refractivity contribution in [2.75, 3.05) is 5.32 Å². The standard InChI is InChI=1S/C18H16FN/c1-13-11-16(19)9-10-18(13)20-12-15-7-4-6-14-5-2-3-8-17(14)15/h2-11,20H,12H2,1H3. The van der Waals surface area contributed by atoms with Gasteiger partial charge in [0.05, 0.1) is 0 Å². The first-order valence-electron chi connectivity index (χ1n) is 6.71. The van der Waals surface area contributed by atoms with Crippen LogP contribution in [0.15, 0.2) is 60.7 Å². The van der Waals surface area contributed by atoms with E-state index in [4.69, 9.17) is 0 Å². The second kappa shape index (κ2) is 5.33. The van der Waals surface area contributed by atoms with E-state index in [0.717, 1.165) is 17.8 Å². The van der Waals surface area contributed by atoms with Gasteiger partial charge in [-0.25, -0.2) is 4.39 Å². The van der Waals surface area contributed by atoms with Crippen LogP contribution in [0.25, 0.3) is 10.8 Å². The number of fused-ring (bicyclic) bond motifs is 1. The number of benzene rings is 3. The molecule has 0 aliphatic heterocycles. The minimum atomic E-state index is -0.196. The number of aryl methyl sites for hydroxylation is 1. The molecule has 0 radical (unpaired) electrons. The molecule has 0 spiro atoms. The Kier molecular flexibility index (Phi) is 3.38. The molecule has 0 aromatic heterocycles. The minimum absolute atomic E-state index is 0.196. The lowest BCUT2D eigenvalue weighted by molar-refractivity contribution is 0.627. The Morgan fingerprint density at radius 3 is 2.60 bits per heavy atom. The fourth-order valence-electron chi connectivity index (χ4n) is 2.46. The molecule has 3 aromatic carbocycles. The molecule has 0 bridgehead atoms. The molecule has 3 aromatic rings. The lowest BCUT2D eigenvalue weighted by Crippen LogP contribution is -2.01. The van der Waals surface area contributed by atoms with Gasteiger partial charge in [-0.1, -0.05) is 42.5 Å². The van der Waals surface area contributed by atoms with Gasteiger partial charge in [-0.05, 0) is 47.0 Å². The maximum absolute atomic E-state index is 13.1. The second-order valence-electron chi connectivity index (χ2n) is 4.95. The number of hydrogen-bond acceptors (Lipinski definition) is 1. The lowest BCUT2D eigenvalue weighted by atomic mass is 10.0. The van der Waals surface area contributed by atoms with Gasteiger partial charge in [0.2, 0.25) is 0 Å². The van der Waals surface area contributed by atoms with Crippen molar-refractivity contribution in [3.63, 3.8) is 0 Å². The number of halogens is 1. The first-order valence-corrected chi connectivity index (χ1v) is 6.71. The maximum Gasteiger partial charge on any atom is 0.123 e. The summed E-state index contributed by atoms with van der Waals surface area (Å²) < 4.78 is 13.1. The second-order valence-corrected chi connectivity index (χ2v) is 4.95. The maximum atomic E-state index is 13.1. The van der Waals surface area contributed by atoms with Crippen molar-refractivity contribution in [1.29, 1.82) is 0 Å². The molecule has 100 valence electrons. The first kappa shape index (κ1) is 12.7. The molecule has 0 atom stereocenters. The molecule has 0 fully saturated rings. The predicted octanol–water partition coefficient (Wildman–Crippen LogP) is 4.90. The number of rotatable bonds is 3. The van der Waals surface area contributed by atoms with Crippen LogP contribution in [0.3, 0.4) is 0 Å². The van der Waals surface area contributed by atoms with Crippen LogP contribution in [-0.2, 0) is 6.54 Å². The highest BCUT2D eigenvalue weighted by atomic mass is 19.1. The molecule has 1 nitrogen and oxygen atoms in total. The number of hydrogen-bond donors (Lipinski definition) is 1. The highest BCUT2D eigenvalue weighted by Gasteiger charge is 2.02. The average Bonchev–Trinajstić information content (AvgIpc) is 2.46. The van der Waals surface area contributed by atoms with Gasteiger partial charge in [-0.2, -0.15) is 0 Å². The Balaban J connectivity index is 1.87. The number of anilines is 1. The minimum Gasteiger partial charge on any atom is -0.381 e. The normalized spacial score (nSPS) is 10.7. The monoisotopic (exact) mass is 265 g/mol. The molecule has 0 aliphatic rings. The van der Waals surface area contributed by atoms with Gasteiger partial charge in [-0.3, -0.25) is 0 Å². The third-order valence-electron chi connectivity index (χ3n) is 3.54. The van der Waals surface area contributed by atoms with E-state index in [2.05, 4.69) is 41.7 Å². The van der Waals surface area contributed by atoms with Gasteiger partial charge < -0.3 is 5.32 Å². The Morgan fingerprint density at radius 2 is 1.75 bits per heavy atom. The Labute approximate surface area is 118 Å². The summed E-state index contributed by atoms with van der Waals surface area (Å²) in [5.41, 5.74) is 3.14. The third kappa shape index (κ3) is 2.50. The third-order valence-corrected chi connectivity index (χ3v) is 3.54. The molecular formula is C18H16FN. The summed E-state index contributed by atoms with van der Waals surface area (Å²) in [5, 5.41) is 5.87. The van der Waals surface area contributed by atoms with Gasteiger partial charge >= 0.3 is 0 Å². The molecule has 1 N–H and O–H groups in total. The molecule has 3 rings (SSSR count). The van der Waals surface area contributed by atoms with E-state index < -0.39 is 0 Å². The zero-order chi connectivity index (χ0) is 13.9. The molecule has 0 saturated carbocycles. The lowest BCUT2D eigenvalue weighted by Gasteiger charge is -2.11. The molecule has 20 heavy (non-hydrogen) atoms. The van der Waals surface area contributed by atoms with Gasteiger partial charge in [0.25, 0.3) is 0 Å². The van der Waals surface area contributed by atoms with Gasteiger partial charge in [-0.15, -0.1) is 0 Å². The summed E-state index contributed by atoms with van der Waals surface area (Å²) in [5.74, 6) is -0.196. The topological polar surface area (TPSA) is 12.0 Å². The summed E-state index contributed by atoms with van der Waals surface area (Å²) in [6.07, 6.45) is 0. The van der Waals surface area contributed by atoms with Gasteiger partial charge in [0.15, 0.2) is 0 Å². The largest absolute Gasteiger partial charge is 0.381 e. The fraction of sp³-hybridized carbons (Fsp3) is 0.111. The van der Waals surface area contributed by atoms with Crippen molar-refractivity contribution < 1.29 is 4.39 Å². The van der Waals surface area contributed by atoms with E-state index in [1.807, 2.05) is 13.0 Å². The van der Waals surface area contributed by atoms with E-state index in [1.165, 1.54) is 22.4 Å². The van der Waals surface area contributed by atoms with Crippen molar-refractivity contribution in [2.24, 2.45) is 0 Å². The van der Waals surface area contributed by atoms with Crippen LogP contribution in [0.5, 0.6) is 0 Å². The van der Waals surface area contributed by atoms with Crippen LogP contribution < -0.4 is 5.32 Å². The average molecular weight is 265 g/mol. The quantitative estimate of drug-likeness (QED) is 0.710. The Hall–Kier alpha value is -2.35. The van der Waals surface area contributed by atoms with Crippen molar-refractivity contribution in [1.82, 2.24) is 0 Å². The van der Waals surface area contributed by atoms with Crippen LogP contribution in [0.1, 0.15) is 11.1 Å². The summed E-state index contributed by atoms with van der Waals surface area (Å²) in [6, 6.07) is 19.5. The zero-order valence-electron chi connectivity index (χ0n) is 11.4. The van der Waals surface area contributed by atoms with E-state index in [0.29, 0.717) is 0 Å². The van der Waals surface area contributed by atoms with E-state index in [9.17, 15) is 4.39 Å². The molecule has 0 heterocycles. The highest BCUT2D eigenvalue weighted by molar-refractivity contribution is 5.85. The number of nitrogens with one attached hydrogen (secondary N) is 1. The summed E-state index contributed by atoms with van der Waals surface area (Å²) >= 11 is 0.